The Kier molecular flexibility index (Phi) is 2.23. The van der Waals surface area contributed by atoms with E-state index in [9.17, 15) is 5.11 Å². The number of hydrogen-bond acceptors (Lipinski definition) is 1. The molecule has 0 aromatic rings. The van der Waals surface area contributed by atoms with Crippen LogP contribution in [0.25, 0.3) is 0 Å². The van der Waals surface area contributed by atoms with Gasteiger partial charge in [0.05, 0.1) is 0 Å². The van der Waals surface area contributed by atoms with Gasteiger partial charge in [-0.05, 0) is 37.0 Å². The van der Waals surface area contributed by atoms with Gasteiger partial charge < -0.3 is 5.11 Å². The van der Waals surface area contributed by atoms with Crippen LogP contribution in [0.1, 0.15) is 33.1 Å². The number of aliphatic hydroxyl groups is 1. The molecule has 0 aromatic heterocycles. The molecule has 0 heterocycles. The molecule has 0 amide bonds. The van der Waals surface area contributed by atoms with Gasteiger partial charge in [0.25, 0.3) is 0 Å². The summed E-state index contributed by atoms with van der Waals surface area (Å²) in [5, 5.41) is 9.61. The van der Waals surface area contributed by atoms with Gasteiger partial charge in [0.15, 0.2) is 0 Å². The van der Waals surface area contributed by atoms with Crippen molar-refractivity contribution in [3.63, 3.8) is 0 Å². The first-order chi connectivity index (χ1) is 6.20. The molecule has 0 aliphatic heterocycles. The average Bonchev–Trinajstić information content (AvgIpc) is 2.46. The lowest BCUT2D eigenvalue weighted by Crippen LogP contribution is -2.39. The summed E-state index contributed by atoms with van der Waals surface area (Å²) in [7, 11) is 0. The lowest BCUT2D eigenvalue weighted by atomic mass is 9.64. The maximum Gasteiger partial charge on any atom is 0.0495 e. The Balaban J connectivity index is 2.31. The van der Waals surface area contributed by atoms with Gasteiger partial charge in [-0.25, -0.2) is 0 Å². The molecule has 0 radical (unpaired) electrons. The van der Waals surface area contributed by atoms with Crippen LogP contribution in [-0.4, -0.2) is 11.7 Å². The van der Waals surface area contributed by atoms with E-state index in [0.717, 1.165) is 12.3 Å². The van der Waals surface area contributed by atoms with Gasteiger partial charge in [0, 0.05) is 12.0 Å². The second-order valence-corrected chi connectivity index (χ2v) is 4.97. The summed E-state index contributed by atoms with van der Waals surface area (Å²) in [5.74, 6) is 2.11. The van der Waals surface area contributed by atoms with E-state index >= 15 is 0 Å². The molecule has 0 unspecified atom stereocenters. The van der Waals surface area contributed by atoms with Crippen LogP contribution in [0.3, 0.4) is 0 Å². The first-order valence-corrected chi connectivity index (χ1v) is 5.48. The summed E-state index contributed by atoms with van der Waals surface area (Å²) in [5.41, 5.74) is 0.230. The van der Waals surface area contributed by atoms with E-state index < -0.39 is 0 Å². The zero-order valence-electron chi connectivity index (χ0n) is 8.66. The Hall–Kier alpha value is -0.300. The number of fused-ring (bicyclic) bond motifs is 1. The molecule has 1 N–H and O–H groups in total. The quantitative estimate of drug-likeness (QED) is 0.615. The molecular weight excluding hydrogens is 160 g/mol. The van der Waals surface area contributed by atoms with E-state index in [1.807, 2.05) is 0 Å². The second-order valence-electron chi connectivity index (χ2n) is 4.97. The first kappa shape index (κ1) is 9.26. The van der Waals surface area contributed by atoms with Gasteiger partial charge in [-0.15, -0.1) is 0 Å². The third-order valence-electron chi connectivity index (χ3n) is 4.50. The molecule has 74 valence electrons. The fraction of sp³-hybridized carbons (Fsp3) is 0.833. The van der Waals surface area contributed by atoms with Gasteiger partial charge in [0.2, 0.25) is 0 Å². The lowest BCUT2D eigenvalue weighted by molar-refractivity contribution is 0.0300. The van der Waals surface area contributed by atoms with Crippen molar-refractivity contribution in [2.75, 3.05) is 6.61 Å². The molecule has 1 fully saturated rings. The Morgan fingerprint density at radius 3 is 2.77 bits per heavy atom. The third kappa shape index (κ3) is 1.17. The molecule has 0 spiro atoms. The van der Waals surface area contributed by atoms with Crippen molar-refractivity contribution < 1.29 is 5.11 Å². The normalized spacial score (nSPS) is 49.3. The molecule has 13 heavy (non-hydrogen) atoms. The number of rotatable bonds is 1. The Labute approximate surface area is 80.8 Å². The minimum atomic E-state index is 0.230. The lowest BCUT2D eigenvalue weighted by Gasteiger charge is -2.41. The second kappa shape index (κ2) is 3.13. The summed E-state index contributed by atoms with van der Waals surface area (Å²) < 4.78 is 0. The molecule has 0 aromatic carbocycles. The van der Waals surface area contributed by atoms with Gasteiger partial charge in [-0.2, -0.15) is 0 Å². The van der Waals surface area contributed by atoms with E-state index in [0.29, 0.717) is 18.4 Å². The van der Waals surface area contributed by atoms with Crippen LogP contribution in [0.5, 0.6) is 0 Å². The minimum Gasteiger partial charge on any atom is -0.396 e. The molecule has 0 saturated heterocycles. The molecule has 2 rings (SSSR count). The first-order valence-electron chi connectivity index (χ1n) is 5.48. The fourth-order valence-corrected chi connectivity index (χ4v) is 3.48. The van der Waals surface area contributed by atoms with Crippen molar-refractivity contribution in [2.45, 2.75) is 33.1 Å². The van der Waals surface area contributed by atoms with E-state index in [2.05, 4.69) is 26.0 Å². The molecule has 1 nitrogen and oxygen atoms in total. The van der Waals surface area contributed by atoms with Crippen LogP contribution in [0.15, 0.2) is 12.2 Å². The highest BCUT2D eigenvalue weighted by atomic mass is 16.3. The maximum atomic E-state index is 9.61. The average molecular weight is 180 g/mol. The van der Waals surface area contributed by atoms with Gasteiger partial charge in [-0.1, -0.05) is 26.0 Å². The van der Waals surface area contributed by atoms with E-state index in [-0.39, 0.29) is 5.41 Å². The largest absolute Gasteiger partial charge is 0.396 e. The standard InChI is InChI=1S/C12H20O/c1-9-4-3-7-12(8-13)10(2)5-6-11(9)12/h3-4,9-11,13H,5-8H2,1-2H3/t9-,10+,11+,12+/m0/s1. The van der Waals surface area contributed by atoms with Crippen LogP contribution >= 0.6 is 0 Å². The van der Waals surface area contributed by atoms with E-state index in [4.69, 9.17) is 0 Å². The predicted octanol–water partition coefficient (Wildman–Crippen LogP) is 2.61. The van der Waals surface area contributed by atoms with Gasteiger partial charge in [0.1, 0.15) is 0 Å². The highest BCUT2D eigenvalue weighted by Gasteiger charge is 2.49. The Bertz CT molecular complexity index is 221. The summed E-state index contributed by atoms with van der Waals surface area (Å²) in [4.78, 5) is 0. The number of allylic oxidation sites excluding steroid dienone is 2. The predicted molar refractivity (Wildman–Crippen MR) is 54.3 cm³/mol. The number of hydrogen-bond donors (Lipinski definition) is 1. The van der Waals surface area contributed by atoms with Crippen molar-refractivity contribution in [3.8, 4) is 0 Å². The topological polar surface area (TPSA) is 20.2 Å². The van der Waals surface area contributed by atoms with E-state index in [1.165, 1.54) is 12.8 Å². The SMILES string of the molecule is C[C@@H]1CC[C@@H]2[C@@H](C)C=CC[C@@]12CO. The van der Waals surface area contributed by atoms with Gasteiger partial charge in [-0.3, -0.25) is 0 Å². The number of aliphatic hydroxyl groups excluding tert-OH is 1. The van der Waals surface area contributed by atoms with Crippen LogP contribution in [0.4, 0.5) is 0 Å². The van der Waals surface area contributed by atoms with E-state index in [1.54, 1.807) is 0 Å². The molecule has 0 bridgehead atoms. The van der Waals surface area contributed by atoms with Crippen LogP contribution in [-0.2, 0) is 0 Å². The van der Waals surface area contributed by atoms with Crippen molar-refractivity contribution in [2.24, 2.45) is 23.2 Å². The van der Waals surface area contributed by atoms with Crippen LogP contribution in [0, 0.1) is 23.2 Å². The Morgan fingerprint density at radius 1 is 1.38 bits per heavy atom. The minimum absolute atomic E-state index is 0.230. The monoisotopic (exact) mass is 180 g/mol. The molecular formula is C12H20O. The molecule has 2 aliphatic rings. The summed E-state index contributed by atoms with van der Waals surface area (Å²) in [6.45, 7) is 4.98. The van der Waals surface area contributed by atoms with Crippen molar-refractivity contribution >= 4 is 0 Å². The summed E-state index contributed by atoms with van der Waals surface area (Å²) in [6.07, 6.45) is 8.32. The zero-order chi connectivity index (χ0) is 9.47. The highest BCUT2D eigenvalue weighted by molar-refractivity contribution is 5.10. The van der Waals surface area contributed by atoms with Crippen LogP contribution in [0.2, 0.25) is 0 Å². The summed E-state index contributed by atoms with van der Waals surface area (Å²) >= 11 is 0. The maximum absolute atomic E-state index is 9.61. The molecule has 2 aliphatic carbocycles. The molecule has 1 saturated carbocycles. The molecule has 1 heteroatoms. The van der Waals surface area contributed by atoms with Crippen LogP contribution < -0.4 is 0 Å². The van der Waals surface area contributed by atoms with Crippen molar-refractivity contribution in [3.05, 3.63) is 12.2 Å². The van der Waals surface area contributed by atoms with Crippen molar-refractivity contribution in [1.29, 1.82) is 0 Å². The summed E-state index contributed by atoms with van der Waals surface area (Å²) in [6, 6.07) is 0. The zero-order valence-corrected chi connectivity index (χ0v) is 8.66. The molecule has 4 atom stereocenters. The Morgan fingerprint density at radius 2 is 2.15 bits per heavy atom. The third-order valence-corrected chi connectivity index (χ3v) is 4.50. The fourth-order valence-electron chi connectivity index (χ4n) is 3.48. The highest BCUT2D eigenvalue weighted by Crippen LogP contribution is 2.55. The smallest absolute Gasteiger partial charge is 0.0495 e. The van der Waals surface area contributed by atoms with Gasteiger partial charge >= 0.3 is 0 Å². The van der Waals surface area contributed by atoms with Crippen molar-refractivity contribution in [1.82, 2.24) is 0 Å².